The van der Waals surface area contributed by atoms with E-state index in [1.807, 2.05) is 44.2 Å². The van der Waals surface area contributed by atoms with Crippen molar-refractivity contribution in [3.63, 3.8) is 0 Å². The Morgan fingerprint density at radius 2 is 1.72 bits per heavy atom. The lowest BCUT2D eigenvalue weighted by Crippen LogP contribution is -2.52. The number of carbonyl (C=O) groups is 2. The maximum Gasteiger partial charge on any atom is 0.407 e. The molecule has 2 atom stereocenters. The van der Waals surface area contributed by atoms with Gasteiger partial charge in [0.15, 0.2) is 0 Å². The number of nitrogens with one attached hydrogen (secondary N) is 2. The van der Waals surface area contributed by atoms with E-state index >= 15 is 0 Å². The number of rotatable bonds is 15. The molecule has 3 rings (SSSR count). The number of benzene rings is 2. The second-order valence-electron chi connectivity index (χ2n) is 10.2. The number of aliphatic hydroxyl groups is 1. The molecule has 3 aromatic rings. The average molecular weight is 612 g/mol. The fraction of sp³-hybridized carbons (Fsp3) is 0.333. The van der Waals surface area contributed by atoms with Gasteiger partial charge in [-0.15, -0.1) is 0 Å². The van der Waals surface area contributed by atoms with Gasteiger partial charge in [-0.05, 0) is 47.7 Å². The van der Waals surface area contributed by atoms with Crippen molar-refractivity contribution in [2.75, 3.05) is 19.6 Å². The van der Waals surface area contributed by atoms with Crippen LogP contribution >= 0.6 is 0 Å². The summed E-state index contributed by atoms with van der Waals surface area (Å²) in [7, 11) is -4.03. The van der Waals surface area contributed by atoms with Crippen LogP contribution in [0.2, 0.25) is 0 Å². The molecule has 4 N–H and O–H groups in total. The van der Waals surface area contributed by atoms with Gasteiger partial charge in [-0.2, -0.15) is 4.31 Å². The first-order valence-corrected chi connectivity index (χ1v) is 15.1. The molecule has 12 nitrogen and oxygen atoms in total. The number of pyridine rings is 1. The van der Waals surface area contributed by atoms with Gasteiger partial charge in [0.2, 0.25) is 15.9 Å². The standard InChI is InChI=1S/C30H37N5O7S/c1-22(2)19-35(43(40,41)26-13-11-24(12-14-26)17-33-39)20-28(36)27(16-23-8-4-3-5-9-23)34-29(37)18-32-30(38)42-21-25-10-6-7-15-31-25/h3-15,17,22,27-28,36,39H,16,18-21H2,1-2H3,(H,32,38)(H,34,37)/t27-,28+/m0/s1. The van der Waals surface area contributed by atoms with Crippen molar-refractivity contribution in [3.8, 4) is 0 Å². The van der Waals surface area contributed by atoms with Crippen molar-refractivity contribution in [1.82, 2.24) is 19.9 Å². The molecular weight excluding hydrogens is 574 g/mol. The molecule has 0 unspecified atom stereocenters. The zero-order chi connectivity index (χ0) is 31.2. The molecule has 230 valence electrons. The maximum atomic E-state index is 13.6. The molecule has 0 fully saturated rings. The van der Waals surface area contributed by atoms with E-state index in [0.29, 0.717) is 11.3 Å². The summed E-state index contributed by atoms with van der Waals surface area (Å²) in [6.07, 6.45) is 0.849. The average Bonchev–Trinajstić information content (AvgIpc) is 2.99. The van der Waals surface area contributed by atoms with Gasteiger partial charge in [-0.25, -0.2) is 13.2 Å². The van der Waals surface area contributed by atoms with Crippen LogP contribution in [0.5, 0.6) is 0 Å². The van der Waals surface area contributed by atoms with E-state index in [0.717, 1.165) is 5.56 Å². The summed E-state index contributed by atoms with van der Waals surface area (Å²) >= 11 is 0. The Morgan fingerprint density at radius 3 is 2.35 bits per heavy atom. The third-order valence-electron chi connectivity index (χ3n) is 6.26. The second kappa shape index (κ2) is 16.3. The third kappa shape index (κ3) is 10.8. The number of nitrogens with zero attached hydrogens (tertiary/aromatic N) is 3. The smallest absolute Gasteiger partial charge is 0.407 e. The van der Waals surface area contributed by atoms with Gasteiger partial charge in [-0.3, -0.25) is 9.78 Å². The Kier molecular flexibility index (Phi) is 12.6. The summed E-state index contributed by atoms with van der Waals surface area (Å²) in [5.74, 6) is -0.652. The number of carbonyl (C=O) groups excluding carboxylic acids is 2. The number of oxime groups is 1. The van der Waals surface area contributed by atoms with E-state index in [1.165, 1.54) is 34.8 Å². The Morgan fingerprint density at radius 1 is 1.02 bits per heavy atom. The summed E-state index contributed by atoms with van der Waals surface area (Å²) in [4.78, 5) is 29.0. The number of ether oxygens (including phenoxy) is 1. The largest absolute Gasteiger partial charge is 0.443 e. The van der Waals surface area contributed by atoms with E-state index in [1.54, 1.807) is 24.4 Å². The zero-order valence-electron chi connectivity index (χ0n) is 24.0. The fourth-order valence-corrected chi connectivity index (χ4v) is 5.81. The molecule has 43 heavy (non-hydrogen) atoms. The van der Waals surface area contributed by atoms with Crippen molar-refractivity contribution >= 4 is 28.2 Å². The topological polar surface area (TPSA) is 171 Å². The van der Waals surface area contributed by atoms with E-state index in [2.05, 4.69) is 20.8 Å². The first-order chi connectivity index (χ1) is 20.6. The van der Waals surface area contributed by atoms with Crippen LogP contribution in [0.15, 0.2) is 89.0 Å². The van der Waals surface area contributed by atoms with Crippen LogP contribution in [-0.2, 0) is 32.6 Å². The molecule has 0 aliphatic rings. The minimum Gasteiger partial charge on any atom is -0.443 e. The summed E-state index contributed by atoms with van der Waals surface area (Å²) in [5.41, 5.74) is 1.87. The molecule has 2 amide bonds. The monoisotopic (exact) mass is 611 g/mol. The predicted octanol–water partition coefficient (Wildman–Crippen LogP) is 2.55. The lowest BCUT2D eigenvalue weighted by Gasteiger charge is -2.30. The van der Waals surface area contributed by atoms with Gasteiger partial charge in [0.1, 0.15) is 13.2 Å². The molecule has 0 aliphatic heterocycles. The quantitative estimate of drug-likeness (QED) is 0.115. The van der Waals surface area contributed by atoms with Crippen molar-refractivity contribution < 1.29 is 33.1 Å². The molecule has 0 saturated heterocycles. The molecule has 2 aromatic carbocycles. The first kappa shape index (κ1) is 33.2. The van der Waals surface area contributed by atoms with Crippen LogP contribution in [-0.4, -0.2) is 78.0 Å². The SMILES string of the molecule is CC(C)CN(C[C@@H](O)[C@H](Cc1ccccc1)NC(=O)CNC(=O)OCc1ccccn1)S(=O)(=O)c1ccc(C=NO)cc1. The van der Waals surface area contributed by atoms with Gasteiger partial charge >= 0.3 is 6.09 Å². The van der Waals surface area contributed by atoms with Gasteiger partial charge in [0.25, 0.3) is 0 Å². The number of sulfonamides is 1. The van der Waals surface area contributed by atoms with Crippen LogP contribution in [0.4, 0.5) is 4.79 Å². The van der Waals surface area contributed by atoms with Gasteiger partial charge in [0, 0.05) is 19.3 Å². The van der Waals surface area contributed by atoms with Crippen LogP contribution in [0.1, 0.15) is 30.7 Å². The summed E-state index contributed by atoms with van der Waals surface area (Å²) in [6.45, 7) is 3.06. The van der Waals surface area contributed by atoms with Crippen LogP contribution in [0.3, 0.4) is 0 Å². The zero-order valence-corrected chi connectivity index (χ0v) is 24.9. The van der Waals surface area contributed by atoms with E-state index < -0.39 is 40.7 Å². The maximum absolute atomic E-state index is 13.6. The number of hydrogen-bond donors (Lipinski definition) is 4. The fourth-order valence-electron chi connectivity index (χ4n) is 4.19. The predicted molar refractivity (Wildman–Crippen MR) is 160 cm³/mol. The van der Waals surface area contributed by atoms with Crippen LogP contribution < -0.4 is 10.6 Å². The number of amides is 2. The van der Waals surface area contributed by atoms with Gasteiger partial charge in [0.05, 0.1) is 28.9 Å². The molecule has 0 radical (unpaired) electrons. The Labute approximate surface area is 251 Å². The number of alkyl carbamates (subject to hydrolysis) is 1. The van der Waals surface area contributed by atoms with Crippen molar-refractivity contribution in [3.05, 3.63) is 95.8 Å². The highest BCUT2D eigenvalue weighted by atomic mass is 32.2. The molecule has 0 bridgehead atoms. The van der Waals surface area contributed by atoms with Crippen molar-refractivity contribution in [1.29, 1.82) is 0 Å². The molecule has 0 aliphatic carbocycles. The molecule has 13 heteroatoms. The summed E-state index contributed by atoms with van der Waals surface area (Å²) in [6, 6.07) is 19.2. The third-order valence-corrected chi connectivity index (χ3v) is 8.11. The Hall–Kier alpha value is -4.33. The molecule has 0 saturated carbocycles. The minimum absolute atomic E-state index is 0.00694. The lowest BCUT2D eigenvalue weighted by molar-refractivity contribution is -0.121. The number of hydrogen-bond acceptors (Lipinski definition) is 9. The van der Waals surface area contributed by atoms with E-state index in [4.69, 9.17) is 9.94 Å². The highest BCUT2D eigenvalue weighted by molar-refractivity contribution is 7.89. The highest BCUT2D eigenvalue weighted by Crippen LogP contribution is 2.19. The van der Waals surface area contributed by atoms with Crippen molar-refractivity contribution in [2.24, 2.45) is 11.1 Å². The molecular formula is C30H37N5O7S. The molecule has 0 spiro atoms. The van der Waals surface area contributed by atoms with Gasteiger partial charge in [-0.1, -0.05) is 67.5 Å². The van der Waals surface area contributed by atoms with Crippen LogP contribution in [0.25, 0.3) is 0 Å². The molecule has 1 heterocycles. The van der Waals surface area contributed by atoms with Gasteiger partial charge < -0.3 is 25.7 Å². The van der Waals surface area contributed by atoms with Crippen molar-refractivity contribution in [2.45, 2.75) is 43.9 Å². The highest BCUT2D eigenvalue weighted by Gasteiger charge is 2.31. The normalized spacial score (nSPS) is 13.1. The van der Waals surface area contributed by atoms with E-state index in [9.17, 15) is 23.1 Å². The Balaban J connectivity index is 1.71. The number of aromatic nitrogens is 1. The summed E-state index contributed by atoms with van der Waals surface area (Å²) < 4.78 is 33.5. The summed E-state index contributed by atoms with van der Waals surface area (Å²) in [5, 5.41) is 28.1. The Bertz CT molecular complexity index is 1440. The number of aliphatic hydroxyl groups excluding tert-OH is 1. The molecule has 1 aromatic heterocycles. The minimum atomic E-state index is -4.03. The first-order valence-electron chi connectivity index (χ1n) is 13.7. The van der Waals surface area contributed by atoms with Crippen LogP contribution in [0, 0.1) is 5.92 Å². The lowest BCUT2D eigenvalue weighted by atomic mass is 10.0. The van der Waals surface area contributed by atoms with E-state index in [-0.39, 0.29) is 36.9 Å². The second-order valence-corrected chi connectivity index (χ2v) is 12.1.